The van der Waals surface area contributed by atoms with E-state index in [4.69, 9.17) is 4.74 Å². The van der Waals surface area contributed by atoms with Crippen LogP contribution in [0.4, 0.5) is 10.5 Å². The van der Waals surface area contributed by atoms with E-state index in [1.807, 2.05) is 54.6 Å². The van der Waals surface area contributed by atoms with Crippen molar-refractivity contribution in [2.24, 2.45) is 5.92 Å². The summed E-state index contributed by atoms with van der Waals surface area (Å²) in [5.41, 5.74) is 5.70. The van der Waals surface area contributed by atoms with Gasteiger partial charge in [-0.1, -0.05) is 42.5 Å². The first-order chi connectivity index (χ1) is 18.6. The summed E-state index contributed by atoms with van der Waals surface area (Å²) in [4.78, 5) is 39.4. The number of ether oxygens (including phenoxy) is 1. The van der Waals surface area contributed by atoms with Gasteiger partial charge in [0.15, 0.2) is 0 Å². The molecule has 0 saturated carbocycles. The molecular weight excluding hydrogens is 480 g/mol. The normalized spacial score (nSPS) is 16.9. The number of anilines is 1. The molecule has 1 aliphatic heterocycles. The molecule has 2 aliphatic rings. The summed E-state index contributed by atoms with van der Waals surface area (Å²) >= 11 is 0. The third kappa shape index (κ3) is 6.30. The molecule has 1 unspecified atom stereocenters. The van der Waals surface area contributed by atoms with Crippen molar-refractivity contribution in [3.63, 3.8) is 0 Å². The Morgan fingerprint density at radius 2 is 1.76 bits per heavy atom. The van der Waals surface area contributed by atoms with Gasteiger partial charge in [-0.3, -0.25) is 9.59 Å². The van der Waals surface area contributed by atoms with Crippen LogP contribution in [0.15, 0.2) is 59.4 Å². The predicted octanol–water partition coefficient (Wildman–Crippen LogP) is 4.42. The Morgan fingerprint density at radius 3 is 2.61 bits per heavy atom. The van der Waals surface area contributed by atoms with E-state index in [1.54, 1.807) is 4.90 Å². The van der Waals surface area contributed by atoms with Crippen molar-refractivity contribution in [1.82, 2.24) is 15.1 Å². The Labute approximate surface area is 222 Å². The third-order valence-corrected chi connectivity index (χ3v) is 7.48. The molecule has 1 aromatic heterocycles. The van der Waals surface area contributed by atoms with Gasteiger partial charge in [0.05, 0.1) is 11.6 Å². The van der Waals surface area contributed by atoms with E-state index in [1.165, 1.54) is 0 Å². The van der Waals surface area contributed by atoms with Crippen LogP contribution in [0.1, 0.15) is 53.6 Å². The first kappa shape index (κ1) is 25.7. The highest BCUT2D eigenvalue weighted by molar-refractivity contribution is 5.93. The molecular formula is C30H34N4O4. The van der Waals surface area contributed by atoms with E-state index >= 15 is 0 Å². The highest BCUT2D eigenvalue weighted by Gasteiger charge is 2.29. The average molecular weight is 515 g/mol. The van der Waals surface area contributed by atoms with Gasteiger partial charge < -0.3 is 15.0 Å². The molecule has 2 heterocycles. The van der Waals surface area contributed by atoms with Gasteiger partial charge in [-0.05, 0) is 80.2 Å². The number of fused-ring (bicyclic) bond motifs is 1. The lowest BCUT2D eigenvalue weighted by atomic mass is 9.90. The van der Waals surface area contributed by atoms with Gasteiger partial charge in [-0.2, -0.15) is 5.10 Å². The molecule has 38 heavy (non-hydrogen) atoms. The number of aryl methyl sites for hydroxylation is 2. The topological polar surface area (TPSA) is 104 Å². The molecule has 1 saturated heterocycles. The van der Waals surface area contributed by atoms with Gasteiger partial charge in [0.1, 0.15) is 6.61 Å². The van der Waals surface area contributed by atoms with Crippen LogP contribution in [0.2, 0.25) is 0 Å². The van der Waals surface area contributed by atoms with E-state index in [2.05, 4.69) is 15.5 Å². The zero-order valence-corrected chi connectivity index (χ0v) is 21.6. The summed E-state index contributed by atoms with van der Waals surface area (Å²) in [6, 6.07) is 17.4. The van der Waals surface area contributed by atoms with Gasteiger partial charge in [0.2, 0.25) is 5.91 Å². The summed E-state index contributed by atoms with van der Waals surface area (Å²) in [5, 5.41) is 10.1. The van der Waals surface area contributed by atoms with Gasteiger partial charge in [0.25, 0.3) is 5.56 Å². The number of benzene rings is 2. The largest absolute Gasteiger partial charge is 0.445 e. The molecule has 2 aromatic carbocycles. The van der Waals surface area contributed by atoms with Gasteiger partial charge in [-0.25, -0.2) is 9.89 Å². The van der Waals surface area contributed by atoms with E-state index in [9.17, 15) is 14.4 Å². The molecule has 0 radical (unpaired) electrons. The smallest absolute Gasteiger partial charge is 0.410 e. The van der Waals surface area contributed by atoms with Crippen molar-refractivity contribution in [3.8, 4) is 0 Å². The van der Waals surface area contributed by atoms with Crippen LogP contribution in [-0.2, 0) is 41.8 Å². The van der Waals surface area contributed by atoms with E-state index in [-0.39, 0.29) is 30.1 Å². The highest BCUT2D eigenvalue weighted by atomic mass is 16.6. The Bertz CT molecular complexity index is 1340. The third-order valence-electron chi connectivity index (χ3n) is 7.48. The number of nitrogens with zero attached hydrogens (tertiary/aromatic N) is 2. The van der Waals surface area contributed by atoms with Crippen LogP contribution in [0.25, 0.3) is 0 Å². The van der Waals surface area contributed by atoms with Crippen LogP contribution in [0, 0.1) is 5.92 Å². The molecule has 0 bridgehead atoms. The van der Waals surface area contributed by atoms with Crippen molar-refractivity contribution in [2.45, 2.75) is 58.0 Å². The van der Waals surface area contributed by atoms with Crippen molar-refractivity contribution >= 4 is 17.7 Å². The second-order valence-electron chi connectivity index (χ2n) is 10.2. The number of H-pyrrole nitrogens is 1. The molecule has 1 atom stereocenters. The maximum Gasteiger partial charge on any atom is 0.410 e. The molecule has 198 valence electrons. The van der Waals surface area contributed by atoms with Crippen LogP contribution in [0.3, 0.4) is 0 Å². The fourth-order valence-electron chi connectivity index (χ4n) is 5.41. The number of piperidine rings is 1. The lowest BCUT2D eigenvalue weighted by molar-refractivity contribution is -0.121. The van der Waals surface area contributed by atoms with Crippen molar-refractivity contribution < 1.29 is 14.3 Å². The number of nitrogens with one attached hydrogen (secondary N) is 2. The summed E-state index contributed by atoms with van der Waals surface area (Å²) in [6.45, 7) is 1.16. The van der Waals surface area contributed by atoms with E-state index in [0.29, 0.717) is 13.1 Å². The lowest BCUT2D eigenvalue weighted by Gasteiger charge is -2.31. The zero-order chi connectivity index (χ0) is 26.3. The van der Waals surface area contributed by atoms with E-state index < -0.39 is 0 Å². The number of hydrogen-bond acceptors (Lipinski definition) is 5. The minimum absolute atomic E-state index is 0.0566. The maximum absolute atomic E-state index is 13.1. The Balaban J connectivity index is 1.15. The number of aromatic nitrogens is 2. The Hall–Kier alpha value is -3.94. The van der Waals surface area contributed by atoms with Gasteiger partial charge in [0, 0.05) is 24.3 Å². The molecule has 1 fully saturated rings. The predicted molar refractivity (Wildman–Crippen MR) is 145 cm³/mol. The highest BCUT2D eigenvalue weighted by Crippen LogP contribution is 2.23. The number of aromatic amines is 1. The molecule has 3 aromatic rings. The van der Waals surface area contributed by atoms with Crippen LogP contribution in [0.5, 0.6) is 0 Å². The number of rotatable bonds is 7. The SMILES string of the molecule is O=C(Nc1cccc(CCc2n[nH]c(=O)c3c2CCCC3)c1)C1CCCN(C(=O)OCc2ccccc2)C1. The number of amides is 2. The second kappa shape index (κ2) is 12.1. The summed E-state index contributed by atoms with van der Waals surface area (Å²) in [5.74, 6) is -0.368. The first-order valence-corrected chi connectivity index (χ1v) is 13.5. The summed E-state index contributed by atoms with van der Waals surface area (Å²) in [6.07, 6.45) is 6.49. The fourth-order valence-corrected chi connectivity index (χ4v) is 5.41. The number of carbonyl (C=O) groups is 2. The van der Waals surface area contributed by atoms with Crippen LogP contribution in [-0.4, -0.2) is 40.2 Å². The number of hydrogen-bond donors (Lipinski definition) is 2. The van der Waals surface area contributed by atoms with Crippen molar-refractivity contribution in [2.75, 3.05) is 18.4 Å². The molecule has 1 aliphatic carbocycles. The second-order valence-corrected chi connectivity index (χ2v) is 10.2. The monoisotopic (exact) mass is 514 g/mol. The first-order valence-electron chi connectivity index (χ1n) is 13.5. The number of likely N-dealkylation sites (tertiary alicyclic amines) is 1. The van der Waals surface area contributed by atoms with Gasteiger partial charge in [-0.15, -0.1) is 0 Å². The average Bonchev–Trinajstić information content (AvgIpc) is 2.96. The number of carbonyl (C=O) groups excluding carboxylic acids is 2. The molecule has 2 N–H and O–H groups in total. The van der Waals surface area contributed by atoms with E-state index in [0.717, 1.165) is 85.0 Å². The summed E-state index contributed by atoms with van der Waals surface area (Å²) < 4.78 is 5.46. The molecule has 2 amide bonds. The molecule has 5 rings (SSSR count). The minimum atomic E-state index is -0.383. The Kier molecular flexibility index (Phi) is 8.16. The molecule has 0 spiro atoms. The zero-order valence-electron chi connectivity index (χ0n) is 21.6. The molecule has 8 nitrogen and oxygen atoms in total. The van der Waals surface area contributed by atoms with Crippen molar-refractivity contribution in [3.05, 3.63) is 92.9 Å². The van der Waals surface area contributed by atoms with Crippen LogP contribution < -0.4 is 10.9 Å². The lowest BCUT2D eigenvalue weighted by Crippen LogP contribution is -2.44. The standard InChI is InChI=1S/C30H34N4O4/c35-28(23-11-7-17-34(19-23)30(37)38-20-22-8-2-1-3-9-22)31-24-12-6-10-21(18-24)15-16-27-25-13-4-5-14-26(25)29(36)33-32-27/h1-3,6,8-10,12,18,23H,4-5,7,11,13-17,19-20H2,(H,31,35)(H,33,36). The molecule has 8 heteroatoms. The summed E-state index contributed by atoms with van der Waals surface area (Å²) in [7, 11) is 0. The Morgan fingerprint density at radius 1 is 0.974 bits per heavy atom. The van der Waals surface area contributed by atoms with Gasteiger partial charge >= 0.3 is 6.09 Å². The van der Waals surface area contributed by atoms with Crippen molar-refractivity contribution in [1.29, 1.82) is 0 Å². The fraction of sp³-hybridized carbons (Fsp3) is 0.400. The maximum atomic E-state index is 13.1. The minimum Gasteiger partial charge on any atom is -0.445 e. The quantitative estimate of drug-likeness (QED) is 0.486. The van der Waals surface area contributed by atoms with Crippen LogP contribution >= 0.6 is 0 Å².